The number of hydrogen-bond donors (Lipinski definition) is 0. The molecule has 0 aliphatic carbocycles. The first-order chi connectivity index (χ1) is 11.0. The average Bonchev–Trinajstić information content (AvgIpc) is 3.13. The molecule has 2 aliphatic rings. The second-order valence-electron chi connectivity index (χ2n) is 6.30. The molecule has 0 radical (unpaired) electrons. The highest BCUT2D eigenvalue weighted by molar-refractivity contribution is 5.46. The molecule has 0 spiro atoms. The lowest BCUT2D eigenvalue weighted by atomic mass is 9.97. The second-order valence-corrected chi connectivity index (χ2v) is 6.30. The van der Waals surface area contributed by atoms with Crippen LogP contribution in [-0.2, 0) is 6.18 Å². The zero-order valence-corrected chi connectivity index (χ0v) is 12.4. The van der Waals surface area contributed by atoms with E-state index in [1.54, 1.807) is 6.20 Å². The molecular formula is C16H17F3N4. The van der Waals surface area contributed by atoms with Crippen LogP contribution in [0.2, 0.25) is 0 Å². The number of hydrogen-bond acceptors (Lipinski definition) is 3. The topological polar surface area (TPSA) is 34.0 Å². The zero-order valence-electron chi connectivity index (χ0n) is 12.4. The summed E-state index contributed by atoms with van der Waals surface area (Å²) in [6.07, 6.45) is 4.46. The summed E-state index contributed by atoms with van der Waals surface area (Å²) in [5.74, 6) is 0.450. The van der Waals surface area contributed by atoms with Gasteiger partial charge in [0.1, 0.15) is 5.82 Å². The molecule has 2 aliphatic heterocycles. The van der Waals surface area contributed by atoms with Crippen LogP contribution in [0.5, 0.6) is 0 Å². The molecular weight excluding hydrogens is 305 g/mol. The minimum Gasteiger partial charge on any atom is -0.350 e. The molecule has 2 aromatic rings. The lowest BCUT2D eigenvalue weighted by Gasteiger charge is -2.40. The van der Waals surface area contributed by atoms with Gasteiger partial charge in [0.25, 0.3) is 0 Å². The maximum atomic E-state index is 12.9. The van der Waals surface area contributed by atoms with Gasteiger partial charge in [0.15, 0.2) is 0 Å². The number of anilines is 1. The van der Waals surface area contributed by atoms with Gasteiger partial charge in [-0.25, -0.2) is 4.98 Å². The third kappa shape index (κ3) is 2.58. The van der Waals surface area contributed by atoms with Gasteiger partial charge in [0, 0.05) is 30.7 Å². The molecule has 2 atom stereocenters. The number of fused-ring (bicyclic) bond motifs is 2. The molecule has 2 bridgehead atoms. The van der Waals surface area contributed by atoms with Gasteiger partial charge >= 0.3 is 6.18 Å². The van der Waals surface area contributed by atoms with Crippen LogP contribution in [0.25, 0.3) is 0 Å². The van der Waals surface area contributed by atoms with Gasteiger partial charge < -0.3 is 4.90 Å². The molecule has 2 saturated heterocycles. The molecule has 2 aromatic heterocycles. The van der Waals surface area contributed by atoms with Gasteiger partial charge in [-0.1, -0.05) is 0 Å². The van der Waals surface area contributed by atoms with E-state index in [4.69, 9.17) is 0 Å². The summed E-state index contributed by atoms with van der Waals surface area (Å²) in [5, 5.41) is 4.31. The quantitative estimate of drug-likeness (QED) is 0.846. The summed E-state index contributed by atoms with van der Waals surface area (Å²) in [6.45, 7) is 0. The lowest BCUT2D eigenvalue weighted by molar-refractivity contribution is -0.137. The van der Waals surface area contributed by atoms with Crippen LogP contribution in [-0.4, -0.2) is 26.8 Å². The molecule has 4 nitrogen and oxygen atoms in total. The Balaban J connectivity index is 1.60. The van der Waals surface area contributed by atoms with E-state index >= 15 is 0 Å². The summed E-state index contributed by atoms with van der Waals surface area (Å²) in [6, 6.07) is 4.91. The van der Waals surface area contributed by atoms with E-state index < -0.39 is 11.7 Å². The Morgan fingerprint density at radius 2 is 1.78 bits per heavy atom. The van der Waals surface area contributed by atoms with Crippen molar-refractivity contribution in [2.75, 3.05) is 4.90 Å². The molecule has 0 saturated carbocycles. The van der Waals surface area contributed by atoms with E-state index in [0.29, 0.717) is 11.9 Å². The number of halogens is 3. The third-order valence-corrected chi connectivity index (χ3v) is 4.94. The van der Waals surface area contributed by atoms with Crippen molar-refractivity contribution in [3.8, 4) is 0 Å². The summed E-state index contributed by atoms with van der Waals surface area (Å²) in [7, 11) is 0. The van der Waals surface area contributed by atoms with Crippen LogP contribution >= 0.6 is 0 Å². The number of pyridine rings is 1. The standard InChI is InChI=1S/C16H17F3N4/c17-16(18,19)11-4-6-20-15(8-11)23-12-2-3-13(23)10-14(9-12)22-7-1-5-21-22/h1,4-8,12-14H,2-3,9-10H2. The summed E-state index contributed by atoms with van der Waals surface area (Å²) >= 11 is 0. The molecule has 2 fully saturated rings. The van der Waals surface area contributed by atoms with Gasteiger partial charge in [-0.2, -0.15) is 18.3 Å². The minimum atomic E-state index is -4.33. The molecule has 4 rings (SSSR count). The molecule has 0 N–H and O–H groups in total. The lowest BCUT2D eigenvalue weighted by Crippen LogP contribution is -2.44. The highest BCUT2D eigenvalue weighted by atomic mass is 19.4. The molecule has 7 heteroatoms. The van der Waals surface area contributed by atoms with Crippen LogP contribution < -0.4 is 4.90 Å². The fourth-order valence-corrected chi connectivity index (χ4v) is 3.97. The van der Waals surface area contributed by atoms with Crippen molar-refractivity contribution in [2.45, 2.75) is 50.0 Å². The normalized spacial score (nSPS) is 27.4. The fourth-order valence-electron chi connectivity index (χ4n) is 3.97. The smallest absolute Gasteiger partial charge is 0.350 e. The van der Waals surface area contributed by atoms with E-state index in [9.17, 15) is 13.2 Å². The monoisotopic (exact) mass is 322 g/mol. The Hall–Kier alpha value is -2.05. The summed E-state index contributed by atoms with van der Waals surface area (Å²) < 4.78 is 40.8. The first-order valence-corrected chi connectivity index (χ1v) is 7.83. The maximum Gasteiger partial charge on any atom is 0.416 e. The van der Waals surface area contributed by atoms with Crippen molar-refractivity contribution in [1.29, 1.82) is 0 Å². The van der Waals surface area contributed by atoms with Crippen LogP contribution in [0.1, 0.15) is 37.3 Å². The molecule has 122 valence electrons. The molecule has 4 heterocycles. The van der Waals surface area contributed by atoms with Gasteiger partial charge in [0.2, 0.25) is 0 Å². The summed E-state index contributed by atoms with van der Waals surface area (Å²) in [4.78, 5) is 6.30. The van der Waals surface area contributed by atoms with E-state index in [0.717, 1.165) is 31.7 Å². The molecule has 0 amide bonds. The summed E-state index contributed by atoms with van der Waals surface area (Å²) in [5.41, 5.74) is -0.629. The van der Waals surface area contributed by atoms with Crippen molar-refractivity contribution in [1.82, 2.24) is 14.8 Å². The van der Waals surface area contributed by atoms with Gasteiger partial charge in [-0.05, 0) is 43.9 Å². The second kappa shape index (κ2) is 5.25. The number of piperidine rings is 1. The number of alkyl halides is 3. The van der Waals surface area contributed by atoms with E-state index in [1.165, 1.54) is 12.3 Å². The highest BCUT2D eigenvalue weighted by Gasteiger charge is 2.42. The first kappa shape index (κ1) is 14.5. The number of rotatable bonds is 2. The minimum absolute atomic E-state index is 0.235. The zero-order chi connectivity index (χ0) is 16.0. The van der Waals surface area contributed by atoms with Crippen LogP contribution in [0.4, 0.5) is 19.0 Å². The van der Waals surface area contributed by atoms with E-state index in [1.807, 2.05) is 16.9 Å². The Morgan fingerprint density at radius 1 is 1.04 bits per heavy atom. The first-order valence-electron chi connectivity index (χ1n) is 7.83. The maximum absolute atomic E-state index is 12.9. The predicted octanol–water partition coefficient (Wildman–Crippen LogP) is 3.67. The van der Waals surface area contributed by atoms with E-state index in [-0.39, 0.29) is 12.1 Å². The van der Waals surface area contributed by atoms with Gasteiger partial charge in [0.05, 0.1) is 11.6 Å². The Bertz CT molecular complexity index is 669. The highest BCUT2D eigenvalue weighted by Crippen LogP contribution is 2.43. The SMILES string of the molecule is FC(F)(F)c1ccnc(N2C3CCC2CC(n2cccn2)C3)c1. The number of nitrogens with zero attached hydrogens (tertiary/aromatic N) is 4. The van der Waals surface area contributed by atoms with Crippen molar-refractivity contribution < 1.29 is 13.2 Å². The van der Waals surface area contributed by atoms with Gasteiger partial charge in [-0.3, -0.25) is 4.68 Å². The van der Waals surface area contributed by atoms with Crippen molar-refractivity contribution in [3.05, 3.63) is 42.4 Å². The Kier molecular flexibility index (Phi) is 3.32. The molecule has 23 heavy (non-hydrogen) atoms. The number of aromatic nitrogens is 3. The third-order valence-electron chi connectivity index (χ3n) is 4.94. The molecule has 2 unspecified atom stereocenters. The fraction of sp³-hybridized carbons (Fsp3) is 0.500. The van der Waals surface area contributed by atoms with Crippen molar-refractivity contribution in [2.24, 2.45) is 0 Å². The Morgan fingerprint density at radius 3 is 2.39 bits per heavy atom. The largest absolute Gasteiger partial charge is 0.416 e. The van der Waals surface area contributed by atoms with Gasteiger partial charge in [-0.15, -0.1) is 0 Å². The molecule has 0 aromatic carbocycles. The van der Waals surface area contributed by atoms with Crippen LogP contribution in [0.15, 0.2) is 36.8 Å². The van der Waals surface area contributed by atoms with E-state index in [2.05, 4.69) is 15.0 Å². The van der Waals surface area contributed by atoms with Crippen molar-refractivity contribution >= 4 is 5.82 Å². The Labute approximate surface area is 131 Å². The van der Waals surface area contributed by atoms with Crippen LogP contribution in [0.3, 0.4) is 0 Å². The predicted molar refractivity (Wildman–Crippen MR) is 79.0 cm³/mol. The van der Waals surface area contributed by atoms with Crippen LogP contribution in [0, 0.1) is 0 Å². The van der Waals surface area contributed by atoms with Crippen molar-refractivity contribution in [3.63, 3.8) is 0 Å². The average molecular weight is 322 g/mol.